The number of rotatable bonds is 6. The summed E-state index contributed by atoms with van der Waals surface area (Å²) in [6, 6.07) is 16.9. The minimum atomic E-state index is -0.283. The molecule has 0 saturated carbocycles. The Balaban J connectivity index is 1.84. The Hall–Kier alpha value is -3.41. The predicted molar refractivity (Wildman–Crippen MR) is 111 cm³/mol. The Kier molecular flexibility index (Phi) is 5.89. The first kappa shape index (κ1) is 19.4. The standard InChI is InChI=1S/C22H24N4O2/c1-14(2)28-20-12-8-7-11-18(20)25-21-13-19(23-16(4)24-21)22(27)26-17-10-6-5-9-15(17)3/h5-14H,1-4H3,(H,26,27)(H,23,24,25). The molecule has 2 aromatic carbocycles. The molecule has 1 aromatic heterocycles. The van der Waals surface area contributed by atoms with Crippen LogP contribution in [-0.4, -0.2) is 22.0 Å². The number of anilines is 3. The fourth-order valence-corrected chi connectivity index (χ4v) is 2.71. The molecule has 28 heavy (non-hydrogen) atoms. The van der Waals surface area contributed by atoms with Crippen LogP contribution in [0.1, 0.15) is 35.7 Å². The highest BCUT2D eigenvalue weighted by molar-refractivity contribution is 6.03. The van der Waals surface area contributed by atoms with Gasteiger partial charge in [0.2, 0.25) is 0 Å². The Labute approximate surface area is 165 Å². The molecule has 1 heterocycles. The zero-order chi connectivity index (χ0) is 20.1. The van der Waals surface area contributed by atoms with Crippen molar-refractivity contribution in [2.24, 2.45) is 0 Å². The summed E-state index contributed by atoms with van der Waals surface area (Å²) in [5.74, 6) is 1.47. The minimum Gasteiger partial charge on any atom is -0.489 e. The van der Waals surface area contributed by atoms with Crippen LogP contribution >= 0.6 is 0 Å². The summed E-state index contributed by atoms with van der Waals surface area (Å²) in [4.78, 5) is 21.4. The third-order valence-corrected chi connectivity index (χ3v) is 3.98. The smallest absolute Gasteiger partial charge is 0.274 e. The van der Waals surface area contributed by atoms with Crippen LogP contribution in [0.3, 0.4) is 0 Å². The van der Waals surface area contributed by atoms with Crippen LogP contribution in [0.5, 0.6) is 5.75 Å². The van der Waals surface area contributed by atoms with E-state index in [1.807, 2.05) is 69.3 Å². The van der Waals surface area contributed by atoms with E-state index in [9.17, 15) is 4.79 Å². The van der Waals surface area contributed by atoms with E-state index >= 15 is 0 Å². The molecule has 6 heteroatoms. The lowest BCUT2D eigenvalue weighted by Gasteiger charge is -2.15. The fourth-order valence-electron chi connectivity index (χ4n) is 2.71. The van der Waals surface area contributed by atoms with E-state index in [1.54, 1.807) is 13.0 Å². The Morgan fingerprint density at radius 2 is 1.64 bits per heavy atom. The average Bonchev–Trinajstić information content (AvgIpc) is 2.64. The number of aromatic nitrogens is 2. The van der Waals surface area contributed by atoms with E-state index in [4.69, 9.17) is 4.74 Å². The van der Waals surface area contributed by atoms with Crippen molar-refractivity contribution in [3.63, 3.8) is 0 Å². The van der Waals surface area contributed by atoms with Gasteiger partial charge in [0.15, 0.2) is 0 Å². The maximum atomic E-state index is 12.7. The van der Waals surface area contributed by atoms with Gasteiger partial charge in [-0.2, -0.15) is 0 Å². The lowest BCUT2D eigenvalue weighted by molar-refractivity contribution is 0.102. The van der Waals surface area contributed by atoms with E-state index in [2.05, 4.69) is 20.6 Å². The third-order valence-electron chi connectivity index (χ3n) is 3.98. The molecule has 3 rings (SSSR count). The van der Waals surface area contributed by atoms with Crippen LogP contribution in [0.15, 0.2) is 54.6 Å². The number of nitrogens with zero attached hydrogens (tertiary/aromatic N) is 2. The van der Waals surface area contributed by atoms with E-state index in [0.29, 0.717) is 17.3 Å². The van der Waals surface area contributed by atoms with Gasteiger partial charge in [-0.05, 0) is 51.5 Å². The van der Waals surface area contributed by atoms with Crippen molar-refractivity contribution >= 4 is 23.1 Å². The Morgan fingerprint density at radius 3 is 2.36 bits per heavy atom. The summed E-state index contributed by atoms with van der Waals surface area (Å²) >= 11 is 0. The molecular weight excluding hydrogens is 352 g/mol. The molecule has 0 unspecified atom stereocenters. The molecule has 2 N–H and O–H groups in total. The molecule has 6 nitrogen and oxygen atoms in total. The van der Waals surface area contributed by atoms with Gasteiger partial charge in [0, 0.05) is 11.8 Å². The van der Waals surface area contributed by atoms with Crippen LogP contribution in [0.2, 0.25) is 0 Å². The van der Waals surface area contributed by atoms with Crippen molar-refractivity contribution in [3.05, 3.63) is 71.7 Å². The van der Waals surface area contributed by atoms with Gasteiger partial charge in [-0.1, -0.05) is 30.3 Å². The van der Waals surface area contributed by atoms with Crippen molar-refractivity contribution in [2.45, 2.75) is 33.8 Å². The largest absolute Gasteiger partial charge is 0.489 e. The number of aryl methyl sites for hydroxylation is 2. The maximum absolute atomic E-state index is 12.7. The third kappa shape index (κ3) is 4.85. The number of nitrogens with one attached hydrogen (secondary N) is 2. The number of para-hydroxylation sites is 3. The van der Waals surface area contributed by atoms with Crippen molar-refractivity contribution in [1.29, 1.82) is 0 Å². The van der Waals surface area contributed by atoms with Gasteiger partial charge in [-0.25, -0.2) is 9.97 Å². The summed E-state index contributed by atoms with van der Waals surface area (Å²) in [6.45, 7) is 7.64. The molecule has 0 fully saturated rings. The van der Waals surface area contributed by atoms with Gasteiger partial charge in [0.1, 0.15) is 23.1 Å². The van der Waals surface area contributed by atoms with E-state index in [-0.39, 0.29) is 12.0 Å². The highest BCUT2D eigenvalue weighted by Crippen LogP contribution is 2.28. The molecule has 0 aliphatic heterocycles. The second kappa shape index (κ2) is 8.52. The van der Waals surface area contributed by atoms with Gasteiger partial charge in [-0.15, -0.1) is 0 Å². The zero-order valence-corrected chi connectivity index (χ0v) is 16.5. The molecule has 0 aliphatic carbocycles. The first-order valence-electron chi connectivity index (χ1n) is 9.18. The summed E-state index contributed by atoms with van der Waals surface area (Å²) in [5, 5.41) is 6.13. The molecule has 3 aromatic rings. The fraction of sp³-hybridized carbons (Fsp3) is 0.227. The number of hydrogen-bond acceptors (Lipinski definition) is 5. The lowest BCUT2D eigenvalue weighted by Crippen LogP contribution is -2.16. The van der Waals surface area contributed by atoms with E-state index < -0.39 is 0 Å². The molecule has 144 valence electrons. The molecule has 1 amide bonds. The first-order valence-corrected chi connectivity index (χ1v) is 9.18. The van der Waals surface area contributed by atoms with Crippen molar-refractivity contribution in [1.82, 2.24) is 9.97 Å². The van der Waals surface area contributed by atoms with Gasteiger partial charge in [0.25, 0.3) is 5.91 Å². The molecule has 0 spiro atoms. The number of carbonyl (C=O) groups is 1. The van der Waals surface area contributed by atoms with Gasteiger partial charge >= 0.3 is 0 Å². The molecular formula is C22H24N4O2. The van der Waals surface area contributed by atoms with Crippen LogP contribution in [0.4, 0.5) is 17.2 Å². The number of benzene rings is 2. The molecule has 0 atom stereocenters. The number of ether oxygens (including phenoxy) is 1. The van der Waals surface area contributed by atoms with E-state index in [0.717, 1.165) is 22.7 Å². The summed E-state index contributed by atoms with van der Waals surface area (Å²) in [7, 11) is 0. The van der Waals surface area contributed by atoms with Crippen molar-refractivity contribution in [2.75, 3.05) is 10.6 Å². The highest BCUT2D eigenvalue weighted by atomic mass is 16.5. The Bertz CT molecular complexity index is 986. The minimum absolute atomic E-state index is 0.0468. The number of hydrogen-bond donors (Lipinski definition) is 2. The topological polar surface area (TPSA) is 76.1 Å². The first-order chi connectivity index (χ1) is 13.4. The van der Waals surface area contributed by atoms with Crippen molar-refractivity contribution in [3.8, 4) is 5.75 Å². The monoisotopic (exact) mass is 376 g/mol. The Morgan fingerprint density at radius 1 is 0.964 bits per heavy atom. The average molecular weight is 376 g/mol. The van der Waals surface area contributed by atoms with Crippen LogP contribution in [0, 0.1) is 13.8 Å². The quantitative estimate of drug-likeness (QED) is 0.641. The summed E-state index contributed by atoms with van der Waals surface area (Å²) in [6.07, 6.45) is 0.0468. The van der Waals surface area contributed by atoms with Crippen LogP contribution < -0.4 is 15.4 Å². The normalized spacial score (nSPS) is 10.6. The number of amides is 1. The molecule has 0 aliphatic rings. The van der Waals surface area contributed by atoms with E-state index in [1.165, 1.54) is 0 Å². The summed E-state index contributed by atoms with van der Waals surface area (Å²) in [5.41, 5.74) is 2.81. The summed E-state index contributed by atoms with van der Waals surface area (Å²) < 4.78 is 5.83. The lowest BCUT2D eigenvalue weighted by atomic mass is 10.2. The second-order valence-electron chi connectivity index (χ2n) is 6.74. The molecule has 0 radical (unpaired) electrons. The predicted octanol–water partition coefficient (Wildman–Crippen LogP) is 4.88. The maximum Gasteiger partial charge on any atom is 0.274 e. The highest BCUT2D eigenvalue weighted by Gasteiger charge is 2.13. The van der Waals surface area contributed by atoms with Crippen LogP contribution in [0.25, 0.3) is 0 Å². The molecule has 0 saturated heterocycles. The second-order valence-corrected chi connectivity index (χ2v) is 6.74. The van der Waals surface area contributed by atoms with Gasteiger partial charge < -0.3 is 15.4 Å². The SMILES string of the molecule is Cc1nc(Nc2ccccc2OC(C)C)cc(C(=O)Nc2ccccc2C)n1. The van der Waals surface area contributed by atoms with Gasteiger partial charge in [0.05, 0.1) is 11.8 Å². The van der Waals surface area contributed by atoms with Gasteiger partial charge in [-0.3, -0.25) is 4.79 Å². The van der Waals surface area contributed by atoms with Crippen molar-refractivity contribution < 1.29 is 9.53 Å². The van der Waals surface area contributed by atoms with Crippen LogP contribution in [-0.2, 0) is 0 Å². The zero-order valence-electron chi connectivity index (χ0n) is 16.5. The number of carbonyl (C=O) groups excluding carboxylic acids is 1. The molecule has 0 bridgehead atoms.